The van der Waals surface area contributed by atoms with Crippen LogP contribution in [-0.4, -0.2) is 24.9 Å². The van der Waals surface area contributed by atoms with E-state index in [1.165, 1.54) is 6.07 Å². The minimum atomic E-state index is -0.966. The lowest BCUT2D eigenvalue weighted by Crippen LogP contribution is -2.24. The summed E-state index contributed by atoms with van der Waals surface area (Å²) in [7, 11) is 1.57. The van der Waals surface area contributed by atoms with E-state index in [9.17, 15) is 13.9 Å². The lowest BCUT2D eigenvalue weighted by atomic mass is 10.0. The second kappa shape index (κ2) is 6.64. The van der Waals surface area contributed by atoms with Crippen LogP contribution in [0, 0.1) is 11.6 Å². The first-order chi connectivity index (χ1) is 8.04. The maximum absolute atomic E-state index is 12.9. The fourth-order valence-corrected chi connectivity index (χ4v) is 1.53. The molecule has 1 rings (SSSR count). The number of rotatable bonds is 6. The third-order valence-electron chi connectivity index (χ3n) is 2.55. The van der Waals surface area contributed by atoms with Gasteiger partial charge in [0.1, 0.15) is 0 Å². The molecule has 0 aliphatic carbocycles. The number of hydrogen-bond acceptors (Lipinski definition) is 3. The topological polar surface area (TPSA) is 55.5 Å². The molecule has 17 heavy (non-hydrogen) atoms. The lowest BCUT2D eigenvalue weighted by Gasteiger charge is -2.16. The van der Waals surface area contributed by atoms with Gasteiger partial charge in [-0.25, -0.2) is 8.78 Å². The van der Waals surface area contributed by atoms with Crippen molar-refractivity contribution in [2.24, 2.45) is 5.73 Å². The molecule has 96 valence electrons. The van der Waals surface area contributed by atoms with Crippen molar-refractivity contribution < 1.29 is 18.6 Å². The van der Waals surface area contributed by atoms with Crippen molar-refractivity contribution in [1.29, 1.82) is 0 Å². The highest BCUT2D eigenvalue weighted by Crippen LogP contribution is 2.20. The molecule has 2 atom stereocenters. The summed E-state index contributed by atoms with van der Waals surface area (Å²) in [4.78, 5) is 0. The van der Waals surface area contributed by atoms with E-state index in [1.807, 2.05) is 0 Å². The van der Waals surface area contributed by atoms with Crippen molar-refractivity contribution in [1.82, 2.24) is 0 Å². The third-order valence-corrected chi connectivity index (χ3v) is 2.55. The molecule has 0 heterocycles. The summed E-state index contributed by atoms with van der Waals surface area (Å²) in [5.74, 6) is -1.89. The van der Waals surface area contributed by atoms with Crippen molar-refractivity contribution in [3.8, 4) is 0 Å². The first-order valence-corrected chi connectivity index (χ1v) is 5.42. The fourth-order valence-electron chi connectivity index (χ4n) is 1.53. The fraction of sp³-hybridized carbons (Fsp3) is 0.500. The normalized spacial score (nSPS) is 14.6. The zero-order valence-electron chi connectivity index (χ0n) is 9.70. The number of methoxy groups -OCH3 is 1. The van der Waals surface area contributed by atoms with E-state index < -0.39 is 17.7 Å². The Balaban J connectivity index is 2.57. The highest BCUT2D eigenvalue weighted by atomic mass is 19.2. The highest BCUT2D eigenvalue weighted by molar-refractivity contribution is 5.20. The maximum Gasteiger partial charge on any atom is 0.159 e. The van der Waals surface area contributed by atoms with Crippen LogP contribution in [0.3, 0.4) is 0 Å². The molecular formula is C12H17F2NO2. The van der Waals surface area contributed by atoms with E-state index in [0.29, 0.717) is 18.6 Å². The van der Waals surface area contributed by atoms with E-state index in [1.54, 1.807) is 7.11 Å². The number of hydrogen-bond donors (Lipinski definition) is 2. The number of nitrogens with two attached hydrogens (primary N) is 1. The molecule has 3 nitrogen and oxygen atoms in total. The molecular weight excluding hydrogens is 228 g/mol. The number of aliphatic hydroxyl groups is 1. The molecule has 0 spiro atoms. The number of halogens is 2. The van der Waals surface area contributed by atoms with E-state index in [4.69, 9.17) is 10.5 Å². The Morgan fingerprint density at radius 1 is 1.35 bits per heavy atom. The Labute approximate surface area is 99.2 Å². The second-order valence-electron chi connectivity index (χ2n) is 3.97. The van der Waals surface area contributed by atoms with Gasteiger partial charge in [0, 0.05) is 19.8 Å². The smallest absolute Gasteiger partial charge is 0.159 e. The van der Waals surface area contributed by atoms with Gasteiger partial charge in [-0.05, 0) is 30.5 Å². The minimum absolute atomic E-state index is 0.238. The van der Waals surface area contributed by atoms with E-state index >= 15 is 0 Å². The maximum atomic E-state index is 12.9. The zero-order chi connectivity index (χ0) is 12.8. The summed E-state index contributed by atoms with van der Waals surface area (Å²) in [6.45, 7) is 0.506. The quantitative estimate of drug-likeness (QED) is 0.802. The number of ether oxygens (including phenoxy) is 1. The molecule has 1 aromatic rings. The van der Waals surface area contributed by atoms with Gasteiger partial charge in [-0.1, -0.05) is 6.07 Å². The van der Waals surface area contributed by atoms with Crippen molar-refractivity contribution >= 4 is 0 Å². The van der Waals surface area contributed by atoms with Crippen LogP contribution >= 0.6 is 0 Å². The molecule has 0 saturated heterocycles. The van der Waals surface area contributed by atoms with Crippen molar-refractivity contribution in [3.63, 3.8) is 0 Å². The van der Waals surface area contributed by atoms with Crippen LogP contribution in [0.2, 0.25) is 0 Å². The molecule has 0 aromatic heterocycles. The molecule has 3 N–H and O–H groups in total. The third kappa shape index (κ3) is 4.38. The van der Waals surface area contributed by atoms with E-state index in [-0.39, 0.29) is 12.5 Å². The Bertz CT molecular complexity index is 360. The van der Waals surface area contributed by atoms with Gasteiger partial charge in [0.2, 0.25) is 0 Å². The number of benzene rings is 1. The van der Waals surface area contributed by atoms with Gasteiger partial charge in [-0.2, -0.15) is 0 Å². The Hall–Kier alpha value is -1.04. The zero-order valence-corrected chi connectivity index (χ0v) is 9.70. The highest BCUT2D eigenvalue weighted by Gasteiger charge is 2.14. The first-order valence-electron chi connectivity index (χ1n) is 5.42. The Morgan fingerprint density at radius 2 is 2.06 bits per heavy atom. The van der Waals surface area contributed by atoms with Gasteiger partial charge in [-0.15, -0.1) is 0 Å². The molecule has 0 bridgehead atoms. The van der Waals surface area contributed by atoms with Gasteiger partial charge >= 0.3 is 0 Å². The van der Waals surface area contributed by atoms with Gasteiger partial charge in [0.25, 0.3) is 0 Å². The molecule has 0 amide bonds. The average Bonchev–Trinajstić information content (AvgIpc) is 2.30. The molecule has 2 unspecified atom stereocenters. The van der Waals surface area contributed by atoms with Crippen LogP contribution in [0.4, 0.5) is 8.78 Å². The van der Waals surface area contributed by atoms with Crippen LogP contribution in [0.5, 0.6) is 0 Å². The summed E-state index contributed by atoms with van der Waals surface area (Å²) in [5, 5.41) is 9.80. The summed E-state index contributed by atoms with van der Waals surface area (Å²) < 4.78 is 30.5. The van der Waals surface area contributed by atoms with Crippen molar-refractivity contribution in [3.05, 3.63) is 35.4 Å². The molecule has 5 heteroatoms. The largest absolute Gasteiger partial charge is 0.388 e. The van der Waals surface area contributed by atoms with Crippen LogP contribution in [0.1, 0.15) is 24.5 Å². The molecule has 1 aromatic carbocycles. The predicted octanol–water partition coefficient (Wildman–Crippen LogP) is 1.75. The van der Waals surface area contributed by atoms with E-state index in [2.05, 4.69) is 0 Å². The molecule has 0 radical (unpaired) electrons. The van der Waals surface area contributed by atoms with Crippen LogP contribution in [0.25, 0.3) is 0 Å². The van der Waals surface area contributed by atoms with Gasteiger partial charge < -0.3 is 15.6 Å². The Kier molecular flexibility index (Phi) is 5.47. The van der Waals surface area contributed by atoms with Crippen molar-refractivity contribution in [2.45, 2.75) is 25.0 Å². The van der Waals surface area contributed by atoms with Gasteiger partial charge in [0.05, 0.1) is 6.10 Å². The second-order valence-corrected chi connectivity index (χ2v) is 3.97. The summed E-state index contributed by atoms with van der Waals surface area (Å²) in [5.41, 5.74) is 6.09. The monoisotopic (exact) mass is 245 g/mol. The van der Waals surface area contributed by atoms with Crippen LogP contribution < -0.4 is 5.73 Å². The van der Waals surface area contributed by atoms with Crippen LogP contribution in [-0.2, 0) is 4.74 Å². The number of aliphatic hydroxyl groups excluding tert-OH is 1. The van der Waals surface area contributed by atoms with Crippen LogP contribution in [0.15, 0.2) is 18.2 Å². The van der Waals surface area contributed by atoms with E-state index in [0.717, 1.165) is 12.1 Å². The molecule has 0 saturated carbocycles. The van der Waals surface area contributed by atoms with Crippen molar-refractivity contribution in [2.75, 3.05) is 13.7 Å². The predicted molar refractivity (Wildman–Crippen MR) is 60.4 cm³/mol. The summed E-state index contributed by atoms with van der Waals surface area (Å²) >= 11 is 0. The molecule has 0 aliphatic heterocycles. The lowest BCUT2D eigenvalue weighted by molar-refractivity contribution is 0.141. The summed E-state index contributed by atoms with van der Waals surface area (Å²) in [6.07, 6.45) is 0.00281. The average molecular weight is 245 g/mol. The standard InChI is InChI=1S/C12H17F2NO2/c1-17-5-4-9(15)7-12(16)8-2-3-10(13)11(14)6-8/h2-3,6,9,12,16H,4-5,7,15H2,1H3. The molecule has 0 fully saturated rings. The van der Waals surface area contributed by atoms with Gasteiger partial charge in [0.15, 0.2) is 11.6 Å². The molecule has 0 aliphatic rings. The first kappa shape index (κ1) is 14.0. The minimum Gasteiger partial charge on any atom is -0.388 e. The SMILES string of the molecule is COCCC(N)CC(O)c1ccc(F)c(F)c1. The van der Waals surface area contributed by atoms with Gasteiger partial charge in [-0.3, -0.25) is 0 Å². The summed E-state index contributed by atoms with van der Waals surface area (Å²) in [6, 6.07) is 3.10. The Morgan fingerprint density at radius 3 is 2.65 bits per heavy atom.